The van der Waals surface area contributed by atoms with Crippen LogP contribution in [0.5, 0.6) is 5.75 Å². The predicted octanol–water partition coefficient (Wildman–Crippen LogP) is 3.28. The maximum Gasteiger partial charge on any atom is 0.251 e. The molecule has 1 heterocycles. The van der Waals surface area contributed by atoms with Crippen LogP contribution >= 0.6 is 0 Å². The minimum atomic E-state index is -0.141. The Morgan fingerprint density at radius 2 is 1.72 bits per heavy atom. The van der Waals surface area contributed by atoms with Gasteiger partial charge in [0.2, 0.25) is 0 Å². The van der Waals surface area contributed by atoms with Crippen LogP contribution in [0.1, 0.15) is 34.7 Å². The summed E-state index contributed by atoms with van der Waals surface area (Å²) in [5.41, 5.74) is 1.93. The smallest absolute Gasteiger partial charge is 0.251 e. The molecule has 1 fully saturated rings. The zero-order valence-corrected chi connectivity index (χ0v) is 17.6. The van der Waals surface area contributed by atoms with Gasteiger partial charge in [-0.25, -0.2) is 4.39 Å². The number of halogens is 1. The maximum atomic E-state index is 12.6. The Morgan fingerprint density at radius 1 is 1.10 bits per heavy atom. The molecule has 0 bridgehead atoms. The van der Waals surface area contributed by atoms with E-state index in [1.165, 1.54) is 18.4 Å². The number of carbonyl (C=O) groups excluding carboxylic acids is 1. The molecule has 0 atom stereocenters. The first-order valence-corrected chi connectivity index (χ1v) is 10.0. The number of piperidine rings is 1. The highest BCUT2D eigenvalue weighted by atomic mass is 19.1. The number of nitrogens with one attached hydrogen (secondary N) is 2. The molecular weight excluding hydrogens is 369 g/mol. The van der Waals surface area contributed by atoms with Crippen LogP contribution in [-0.4, -0.2) is 58.2 Å². The molecule has 1 aliphatic rings. The van der Waals surface area contributed by atoms with Crippen LogP contribution in [0.25, 0.3) is 0 Å². The first-order valence-electron chi connectivity index (χ1n) is 10.0. The number of likely N-dealkylation sites (N-methyl/N-ethyl adjacent to an activating group) is 1. The third-order valence-electron chi connectivity index (χ3n) is 4.88. The molecule has 0 saturated carbocycles. The molecule has 3 rings (SSSR count). The van der Waals surface area contributed by atoms with Gasteiger partial charge in [-0.15, -0.1) is 0 Å². The van der Waals surface area contributed by atoms with Gasteiger partial charge in [-0.05, 0) is 87.9 Å². The summed E-state index contributed by atoms with van der Waals surface area (Å²) in [6.07, 6.45) is 2.34. The molecule has 158 valence electrons. The lowest BCUT2D eigenvalue weighted by Crippen LogP contribution is -2.31. The molecule has 0 radical (unpaired) electrons. The number of rotatable bonds is 6. The van der Waals surface area contributed by atoms with Crippen molar-refractivity contribution in [3.05, 3.63) is 65.5 Å². The molecule has 0 spiro atoms. The quantitative estimate of drug-likeness (QED) is 0.780. The second kappa shape index (κ2) is 12.2. The van der Waals surface area contributed by atoms with Crippen molar-refractivity contribution in [2.24, 2.45) is 0 Å². The zero-order valence-electron chi connectivity index (χ0n) is 17.6. The largest absolute Gasteiger partial charge is 0.497 e. The van der Waals surface area contributed by atoms with E-state index in [1.54, 1.807) is 43.5 Å². The van der Waals surface area contributed by atoms with Gasteiger partial charge in [-0.1, -0.05) is 12.1 Å². The molecule has 2 N–H and O–H groups in total. The number of amides is 1. The summed E-state index contributed by atoms with van der Waals surface area (Å²) in [6, 6.07) is 14.0. The van der Waals surface area contributed by atoms with Crippen LogP contribution in [0.3, 0.4) is 0 Å². The fourth-order valence-electron chi connectivity index (χ4n) is 3.13. The van der Waals surface area contributed by atoms with Crippen LogP contribution in [0, 0.1) is 5.82 Å². The van der Waals surface area contributed by atoms with Crippen molar-refractivity contribution in [2.75, 3.05) is 47.4 Å². The lowest BCUT2D eigenvalue weighted by Gasteiger charge is -2.22. The van der Waals surface area contributed by atoms with E-state index in [0.717, 1.165) is 25.4 Å². The second-order valence-corrected chi connectivity index (χ2v) is 7.36. The van der Waals surface area contributed by atoms with Gasteiger partial charge in [0.05, 0.1) is 7.11 Å². The van der Waals surface area contributed by atoms with Gasteiger partial charge in [-0.3, -0.25) is 4.79 Å². The molecular formula is C23H32FN3O2. The molecule has 29 heavy (non-hydrogen) atoms. The molecule has 0 unspecified atom stereocenters. The van der Waals surface area contributed by atoms with Crippen molar-refractivity contribution in [1.82, 2.24) is 15.5 Å². The van der Waals surface area contributed by atoms with Crippen molar-refractivity contribution < 1.29 is 13.9 Å². The summed E-state index contributed by atoms with van der Waals surface area (Å²) >= 11 is 0. The van der Waals surface area contributed by atoms with Crippen LogP contribution in [0.2, 0.25) is 0 Å². The van der Waals surface area contributed by atoms with Gasteiger partial charge in [0.25, 0.3) is 5.91 Å². The summed E-state index contributed by atoms with van der Waals surface area (Å²) in [4.78, 5) is 13.7. The summed E-state index contributed by atoms with van der Waals surface area (Å²) in [7, 11) is 5.55. The van der Waals surface area contributed by atoms with E-state index in [0.29, 0.717) is 18.0 Å². The Hall–Kier alpha value is -2.44. The highest BCUT2D eigenvalue weighted by molar-refractivity contribution is 5.94. The lowest BCUT2D eigenvalue weighted by atomic mass is 9.90. The van der Waals surface area contributed by atoms with Gasteiger partial charge in [-0.2, -0.15) is 0 Å². The van der Waals surface area contributed by atoms with Crippen molar-refractivity contribution >= 4 is 5.91 Å². The van der Waals surface area contributed by atoms with Gasteiger partial charge < -0.3 is 20.3 Å². The first kappa shape index (κ1) is 22.8. The van der Waals surface area contributed by atoms with E-state index >= 15 is 0 Å². The standard InChI is InChI=1S/C12H18N2O2.C11H14FN/c1-14(2)9-8-13-12(15)10-4-6-11(16-3)7-5-10;12-11-3-1-9(2-4-11)10-5-7-13-8-6-10/h4-7H,8-9H2,1-3H3,(H,13,15);1-4,10,13H,5-8H2. The van der Waals surface area contributed by atoms with Crippen LogP contribution < -0.4 is 15.4 Å². The van der Waals surface area contributed by atoms with E-state index in [9.17, 15) is 9.18 Å². The van der Waals surface area contributed by atoms with E-state index in [1.807, 2.05) is 31.1 Å². The Bertz CT molecular complexity index is 727. The zero-order chi connectivity index (χ0) is 21.1. The fourth-order valence-corrected chi connectivity index (χ4v) is 3.13. The molecule has 5 nitrogen and oxygen atoms in total. The molecule has 6 heteroatoms. The van der Waals surface area contributed by atoms with E-state index in [4.69, 9.17) is 4.74 Å². The summed E-state index contributed by atoms with van der Waals surface area (Å²) < 4.78 is 17.7. The summed E-state index contributed by atoms with van der Waals surface area (Å²) in [5, 5.41) is 6.17. The summed E-state index contributed by atoms with van der Waals surface area (Å²) in [6.45, 7) is 3.66. The average molecular weight is 402 g/mol. The first-order chi connectivity index (χ1) is 14.0. The van der Waals surface area contributed by atoms with E-state index < -0.39 is 0 Å². The van der Waals surface area contributed by atoms with E-state index in [2.05, 4.69) is 10.6 Å². The number of hydrogen-bond acceptors (Lipinski definition) is 4. The number of methoxy groups -OCH3 is 1. The van der Waals surface area contributed by atoms with Gasteiger partial charge in [0.15, 0.2) is 0 Å². The highest BCUT2D eigenvalue weighted by Gasteiger charge is 2.14. The number of hydrogen-bond donors (Lipinski definition) is 2. The molecule has 1 amide bonds. The van der Waals surface area contributed by atoms with Crippen LogP contribution in [0.4, 0.5) is 4.39 Å². The van der Waals surface area contributed by atoms with Crippen molar-refractivity contribution in [3.63, 3.8) is 0 Å². The third-order valence-corrected chi connectivity index (χ3v) is 4.88. The second-order valence-electron chi connectivity index (χ2n) is 7.36. The summed E-state index contributed by atoms with van der Waals surface area (Å²) in [5.74, 6) is 1.19. The lowest BCUT2D eigenvalue weighted by molar-refractivity contribution is 0.0951. The van der Waals surface area contributed by atoms with Crippen molar-refractivity contribution in [1.29, 1.82) is 0 Å². The molecule has 0 aromatic heterocycles. The van der Waals surface area contributed by atoms with Gasteiger partial charge >= 0.3 is 0 Å². The fraction of sp³-hybridized carbons (Fsp3) is 0.435. The Kier molecular flexibility index (Phi) is 9.60. The third kappa shape index (κ3) is 8.21. The van der Waals surface area contributed by atoms with Crippen LogP contribution in [0.15, 0.2) is 48.5 Å². The SMILES string of the molecule is COc1ccc(C(=O)NCCN(C)C)cc1.Fc1ccc(C2CCNCC2)cc1. The minimum Gasteiger partial charge on any atom is -0.497 e. The van der Waals surface area contributed by atoms with Gasteiger partial charge in [0, 0.05) is 18.7 Å². The molecule has 1 aliphatic heterocycles. The normalized spacial score (nSPS) is 14.1. The average Bonchev–Trinajstić information content (AvgIpc) is 2.75. The molecule has 2 aromatic carbocycles. The van der Waals surface area contributed by atoms with E-state index in [-0.39, 0.29) is 11.7 Å². The molecule has 0 aliphatic carbocycles. The van der Waals surface area contributed by atoms with Crippen LogP contribution in [-0.2, 0) is 0 Å². The predicted molar refractivity (Wildman–Crippen MR) is 115 cm³/mol. The molecule has 1 saturated heterocycles. The number of nitrogens with zero attached hydrogens (tertiary/aromatic N) is 1. The topological polar surface area (TPSA) is 53.6 Å². The minimum absolute atomic E-state index is 0.0514. The number of carbonyl (C=O) groups is 1. The maximum absolute atomic E-state index is 12.6. The molecule has 2 aromatic rings. The Balaban J connectivity index is 0.000000211. The van der Waals surface area contributed by atoms with Crippen molar-refractivity contribution in [3.8, 4) is 5.75 Å². The Labute approximate surface area is 173 Å². The Morgan fingerprint density at radius 3 is 2.28 bits per heavy atom. The van der Waals surface area contributed by atoms with Gasteiger partial charge in [0.1, 0.15) is 11.6 Å². The number of benzene rings is 2. The number of ether oxygens (including phenoxy) is 1. The highest BCUT2D eigenvalue weighted by Crippen LogP contribution is 2.24. The monoisotopic (exact) mass is 401 g/mol. The van der Waals surface area contributed by atoms with Crippen molar-refractivity contribution in [2.45, 2.75) is 18.8 Å².